The average molecular weight is 218 g/mol. The normalized spacial score (nSPS) is 12.8. The van der Waals surface area contributed by atoms with Crippen LogP contribution in [0.1, 0.15) is 59.3 Å². The molecule has 0 bridgehead atoms. The fraction of sp³-hybridized carbons (Fsp3) is 0.909. The molecule has 1 unspecified atom stereocenters. The van der Waals surface area contributed by atoms with Gasteiger partial charge in [0.05, 0.1) is 0 Å². The molecule has 0 saturated carbocycles. The van der Waals surface area contributed by atoms with Gasteiger partial charge in [0.15, 0.2) is 0 Å². The molecule has 1 atom stereocenters. The molecule has 0 fully saturated rings. The van der Waals surface area contributed by atoms with Gasteiger partial charge in [0, 0.05) is 9.45 Å². The Morgan fingerprint density at radius 3 is 2.46 bits per heavy atom. The molecule has 0 aromatic carbocycles. The van der Waals surface area contributed by atoms with Crippen molar-refractivity contribution in [2.24, 2.45) is 0 Å². The minimum absolute atomic E-state index is 0.707. The van der Waals surface area contributed by atoms with Crippen LogP contribution in [-0.2, 0) is 0 Å². The molecular formula is C11H22S2. The highest BCUT2D eigenvalue weighted by Crippen LogP contribution is 2.19. The van der Waals surface area contributed by atoms with Gasteiger partial charge in [-0.15, -0.1) is 11.8 Å². The third kappa shape index (κ3) is 8.76. The predicted octanol–water partition coefficient (Wildman–Crippen LogP) is 4.82. The Morgan fingerprint density at radius 2 is 1.92 bits per heavy atom. The number of thioether (sulfide) groups is 1. The molecule has 0 N–H and O–H groups in total. The number of hydrogen-bond donors (Lipinski definition) is 0. The molecular weight excluding hydrogens is 196 g/mol. The van der Waals surface area contributed by atoms with E-state index in [1.807, 2.05) is 11.8 Å². The minimum Gasteiger partial charge on any atom is -0.116 e. The molecule has 0 spiro atoms. The first-order chi connectivity index (χ1) is 6.20. The highest BCUT2D eigenvalue weighted by Gasteiger charge is 2.03. The van der Waals surface area contributed by atoms with Crippen LogP contribution in [0.3, 0.4) is 0 Å². The van der Waals surface area contributed by atoms with Crippen molar-refractivity contribution in [1.29, 1.82) is 0 Å². The molecule has 0 aliphatic rings. The highest BCUT2D eigenvalue weighted by molar-refractivity contribution is 8.23. The van der Waals surface area contributed by atoms with E-state index in [1.165, 1.54) is 36.3 Å². The molecule has 0 saturated heterocycles. The molecule has 0 amide bonds. The summed E-state index contributed by atoms with van der Waals surface area (Å²) in [6, 6.07) is 0. The van der Waals surface area contributed by atoms with Gasteiger partial charge in [-0.3, -0.25) is 0 Å². The Kier molecular flexibility index (Phi) is 9.32. The van der Waals surface area contributed by atoms with Crippen molar-refractivity contribution in [3.63, 3.8) is 0 Å². The van der Waals surface area contributed by atoms with E-state index < -0.39 is 0 Å². The molecule has 0 aliphatic carbocycles. The van der Waals surface area contributed by atoms with Gasteiger partial charge in [-0.05, 0) is 19.3 Å². The van der Waals surface area contributed by atoms with E-state index in [2.05, 4.69) is 20.8 Å². The lowest BCUT2D eigenvalue weighted by Gasteiger charge is -2.08. The van der Waals surface area contributed by atoms with Crippen molar-refractivity contribution in [3.05, 3.63) is 0 Å². The molecule has 0 heterocycles. The maximum absolute atomic E-state index is 5.31. The van der Waals surface area contributed by atoms with Crippen LogP contribution in [-0.4, -0.2) is 9.45 Å². The lowest BCUT2D eigenvalue weighted by atomic mass is 10.2. The predicted molar refractivity (Wildman–Crippen MR) is 68.7 cm³/mol. The first-order valence-corrected chi connectivity index (χ1v) is 6.69. The number of rotatable bonds is 7. The van der Waals surface area contributed by atoms with E-state index in [-0.39, 0.29) is 0 Å². The van der Waals surface area contributed by atoms with E-state index >= 15 is 0 Å². The van der Waals surface area contributed by atoms with Gasteiger partial charge in [-0.25, -0.2) is 0 Å². The molecule has 2 heteroatoms. The second-order valence-corrected chi connectivity index (χ2v) is 5.80. The Balaban J connectivity index is 3.30. The van der Waals surface area contributed by atoms with Crippen LogP contribution in [0.5, 0.6) is 0 Å². The van der Waals surface area contributed by atoms with E-state index in [0.29, 0.717) is 5.25 Å². The monoisotopic (exact) mass is 218 g/mol. The largest absolute Gasteiger partial charge is 0.116 e. The van der Waals surface area contributed by atoms with Crippen molar-refractivity contribution in [2.75, 3.05) is 0 Å². The fourth-order valence-electron chi connectivity index (χ4n) is 1.06. The average Bonchev–Trinajstić information content (AvgIpc) is 2.12. The van der Waals surface area contributed by atoms with Gasteiger partial charge in [0.2, 0.25) is 0 Å². The maximum Gasteiger partial charge on any atom is 0.0481 e. The zero-order valence-electron chi connectivity index (χ0n) is 9.14. The van der Waals surface area contributed by atoms with Crippen LogP contribution < -0.4 is 0 Å². The third-order valence-corrected chi connectivity index (χ3v) is 3.84. The first-order valence-electron chi connectivity index (χ1n) is 5.40. The Hall–Kier alpha value is 0.440. The van der Waals surface area contributed by atoms with Gasteiger partial charge in [-0.2, -0.15) is 0 Å². The molecule has 13 heavy (non-hydrogen) atoms. The van der Waals surface area contributed by atoms with Gasteiger partial charge in [0.25, 0.3) is 0 Å². The summed E-state index contributed by atoms with van der Waals surface area (Å²) in [5.41, 5.74) is 0. The first kappa shape index (κ1) is 13.4. The minimum atomic E-state index is 0.707. The summed E-state index contributed by atoms with van der Waals surface area (Å²) in [7, 11) is 0. The van der Waals surface area contributed by atoms with E-state index in [1.54, 1.807) is 0 Å². The molecule has 0 aromatic rings. The lowest BCUT2D eigenvalue weighted by Crippen LogP contribution is -1.98. The molecule has 0 nitrogen and oxygen atoms in total. The topological polar surface area (TPSA) is 0 Å². The smallest absolute Gasteiger partial charge is 0.0481 e. The Morgan fingerprint density at radius 1 is 1.23 bits per heavy atom. The van der Waals surface area contributed by atoms with Crippen LogP contribution in [0.15, 0.2) is 0 Å². The van der Waals surface area contributed by atoms with Crippen molar-refractivity contribution >= 4 is 28.2 Å². The van der Waals surface area contributed by atoms with Crippen LogP contribution in [0, 0.1) is 0 Å². The molecule has 78 valence electrons. The van der Waals surface area contributed by atoms with E-state index in [9.17, 15) is 0 Å². The van der Waals surface area contributed by atoms with Crippen molar-refractivity contribution in [3.8, 4) is 0 Å². The second-order valence-electron chi connectivity index (χ2n) is 3.52. The number of hydrogen-bond acceptors (Lipinski definition) is 2. The van der Waals surface area contributed by atoms with Crippen molar-refractivity contribution in [2.45, 2.75) is 64.5 Å². The summed E-state index contributed by atoms with van der Waals surface area (Å²) >= 11 is 7.20. The summed E-state index contributed by atoms with van der Waals surface area (Å²) in [5.74, 6) is 0. The number of thiocarbonyl (C=S) groups is 1. The maximum atomic E-state index is 5.31. The summed E-state index contributed by atoms with van der Waals surface area (Å²) in [6.45, 7) is 6.71. The molecule has 0 aliphatic heterocycles. The van der Waals surface area contributed by atoms with Crippen molar-refractivity contribution in [1.82, 2.24) is 0 Å². The molecule has 0 aromatic heterocycles. The summed E-state index contributed by atoms with van der Waals surface area (Å²) in [6.07, 6.45) is 7.67. The summed E-state index contributed by atoms with van der Waals surface area (Å²) in [4.78, 5) is 0. The van der Waals surface area contributed by atoms with Crippen LogP contribution in [0.2, 0.25) is 0 Å². The summed E-state index contributed by atoms with van der Waals surface area (Å²) < 4.78 is 1.21. The Bertz CT molecular complexity index is 132. The second kappa shape index (κ2) is 9.01. The van der Waals surface area contributed by atoms with E-state index in [0.717, 1.165) is 6.42 Å². The molecule has 0 radical (unpaired) electrons. The van der Waals surface area contributed by atoms with E-state index in [4.69, 9.17) is 12.2 Å². The SMILES string of the molecule is CCCCCCC(=S)SC(C)CC. The standard InChI is InChI=1S/C11H22S2/c1-4-6-7-8-9-11(12)13-10(3)5-2/h10H,4-9H2,1-3H3. The molecule has 0 rings (SSSR count). The van der Waals surface area contributed by atoms with Gasteiger partial charge < -0.3 is 0 Å². The third-order valence-electron chi connectivity index (χ3n) is 2.14. The van der Waals surface area contributed by atoms with Crippen LogP contribution in [0.25, 0.3) is 0 Å². The lowest BCUT2D eigenvalue weighted by molar-refractivity contribution is 0.686. The van der Waals surface area contributed by atoms with Crippen molar-refractivity contribution < 1.29 is 0 Å². The Labute approximate surface area is 92.9 Å². The summed E-state index contributed by atoms with van der Waals surface area (Å²) in [5, 5.41) is 0.707. The number of unbranched alkanes of at least 4 members (excludes halogenated alkanes) is 3. The van der Waals surface area contributed by atoms with Crippen LogP contribution >= 0.6 is 24.0 Å². The van der Waals surface area contributed by atoms with Gasteiger partial charge in [0.1, 0.15) is 0 Å². The zero-order chi connectivity index (χ0) is 10.1. The fourth-order valence-corrected chi connectivity index (χ4v) is 2.58. The van der Waals surface area contributed by atoms with Gasteiger partial charge in [-0.1, -0.05) is 52.3 Å². The van der Waals surface area contributed by atoms with Gasteiger partial charge >= 0.3 is 0 Å². The quantitative estimate of drug-likeness (QED) is 0.444. The zero-order valence-corrected chi connectivity index (χ0v) is 10.8. The van der Waals surface area contributed by atoms with Crippen LogP contribution in [0.4, 0.5) is 0 Å². The highest BCUT2D eigenvalue weighted by atomic mass is 32.2.